The highest BCUT2D eigenvalue weighted by molar-refractivity contribution is 7.99. The number of thioether (sulfide) groups is 1. The van der Waals surface area contributed by atoms with Crippen LogP contribution in [-0.4, -0.2) is 44.2 Å². The van der Waals surface area contributed by atoms with Gasteiger partial charge >= 0.3 is 5.97 Å². The van der Waals surface area contributed by atoms with Gasteiger partial charge in [0.15, 0.2) is 5.16 Å². The Morgan fingerprint density at radius 3 is 2.67 bits per heavy atom. The fourth-order valence-electron chi connectivity index (χ4n) is 3.40. The van der Waals surface area contributed by atoms with Crippen molar-refractivity contribution < 1.29 is 9.90 Å². The number of carboxylic acids is 1. The molecule has 2 heterocycles. The van der Waals surface area contributed by atoms with Gasteiger partial charge in [0.2, 0.25) is 5.95 Å². The van der Waals surface area contributed by atoms with E-state index in [9.17, 15) is 4.79 Å². The minimum Gasteiger partial charge on any atom is -0.481 e. The third-order valence-electron chi connectivity index (χ3n) is 4.47. The number of aliphatic carboxylic acids is 1. The number of nitrogens with zero attached hydrogens (tertiary/aromatic N) is 4. The van der Waals surface area contributed by atoms with Gasteiger partial charge in [-0.3, -0.25) is 9.36 Å². The van der Waals surface area contributed by atoms with Gasteiger partial charge in [-0.15, -0.1) is 10.2 Å². The molecule has 2 aliphatic rings. The van der Waals surface area contributed by atoms with Gasteiger partial charge in [-0.1, -0.05) is 24.6 Å². The first-order valence-electron chi connectivity index (χ1n) is 7.73. The quantitative estimate of drug-likeness (QED) is 0.843. The fourth-order valence-corrected chi connectivity index (χ4v) is 4.12. The Bertz CT molecular complexity index is 513. The number of anilines is 1. The number of aromatic nitrogens is 3. The van der Waals surface area contributed by atoms with Gasteiger partial charge in [0, 0.05) is 18.6 Å². The molecule has 0 aromatic carbocycles. The fraction of sp³-hybridized carbons (Fsp3) is 0.786. The molecule has 1 aromatic rings. The summed E-state index contributed by atoms with van der Waals surface area (Å²) >= 11 is 1.29. The molecule has 1 aliphatic heterocycles. The van der Waals surface area contributed by atoms with Crippen molar-refractivity contribution in [2.24, 2.45) is 0 Å². The second-order valence-corrected chi connectivity index (χ2v) is 6.90. The van der Waals surface area contributed by atoms with Crippen LogP contribution in [0, 0.1) is 0 Å². The molecule has 1 atom stereocenters. The Hall–Kier alpha value is -1.24. The molecule has 7 heteroatoms. The first-order valence-corrected chi connectivity index (χ1v) is 8.71. The molecule has 116 valence electrons. The number of carbonyl (C=O) groups is 1. The van der Waals surface area contributed by atoms with Crippen molar-refractivity contribution in [2.75, 3.05) is 17.2 Å². The lowest BCUT2D eigenvalue weighted by atomic mass is 10.2. The van der Waals surface area contributed by atoms with Gasteiger partial charge in [-0.2, -0.15) is 0 Å². The molecular formula is C14H22N4O2S. The van der Waals surface area contributed by atoms with Gasteiger partial charge in [0.05, 0.1) is 5.75 Å². The summed E-state index contributed by atoms with van der Waals surface area (Å²) in [6, 6.07) is 0.922. The number of hydrogen-bond acceptors (Lipinski definition) is 5. The van der Waals surface area contributed by atoms with E-state index in [0.29, 0.717) is 12.1 Å². The second kappa shape index (κ2) is 6.25. The maximum absolute atomic E-state index is 10.8. The Balaban J connectivity index is 1.89. The standard InChI is InChI=1S/C14H22N4O2S/c1-10-5-4-8-17(10)13-15-16-14(21-9-12(19)20)18(13)11-6-2-3-7-11/h10-11H,2-9H2,1H3,(H,19,20). The molecule has 0 amide bonds. The Kier molecular flexibility index (Phi) is 4.37. The maximum atomic E-state index is 10.8. The lowest BCUT2D eigenvalue weighted by molar-refractivity contribution is -0.133. The predicted octanol–water partition coefficient (Wildman–Crippen LogP) is 2.56. The van der Waals surface area contributed by atoms with Gasteiger partial charge < -0.3 is 10.0 Å². The van der Waals surface area contributed by atoms with E-state index in [1.807, 2.05) is 0 Å². The summed E-state index contributed by atoms with van der Waals surface area (Å²) in [7, 11) is 0. The van der Waals surface area contributed by atoms with Crippen molar-refractivity contribution in [3.05, 3.63) is 0 Å². The highest BCUT2D eigenvalue weighted by Crippen LogP contribution is 2.37. The van der Waals surface area contributed by atoms with Crippen molar-refractivity contribution in [1.29, 1.82) is 0 Å². The van der Waals surface area contributed by atoms with E-state index in [2.05, 4.69) is 26.6 Å². The molecule has 2 fully saturated rings. The van der Waals surface area contributed by atoms with Crippen LogP contribution in [0.3, 0.4) is 0 Å². The molecule has 1 aromatic heterocycles. The van der Waals surface area contributed by atoms with Gasteiger partial charge in [-0.05, 0) is 32.6 Å². The molecule has 1 saturated carbocycles. The smallest absolute Gasteiger partial charge is 0.313 e. The molecule has 1 saturated heterocycles. The van der Waals surface area contributed by atoms with Gasteiger partial charge in [0.25, 0.3) is 0 Å². The third kappa shape index (κ3) is 3.02. The van der Waals surface area contributed by atoms with Crippen molar-refractivity contribution in [2.45, 2.75) is 62.7 Å². The molecule has 0 bridgehead atoms. The maximum Gasteiger partial charge on any atom is 0.313 e. The topological polar surface area (TPSA) is 71.2 Å². The average molecular weight is 310 g/mol. The summed E-state index contributed by atoms with van der Waals surface area (Å²) in [6.07, 6.45) is 7.15. The molecule has 1 N–H and O–H groups in total. The number of carboxylic acid groups (broad SMARTS) is 1. The number of hydrogen-bond donors (Lipinski definition) is 1. The molecule has 3 rings (SSSR count). The zero-order valence-electron chi connectivity index (χ0n) is 12.4. The predicted molar refractivity (Wildman–Crippen MR) is 81.9 cm³/mol. The average Bonchev–Trinajstić information content (AvgIpc) is 3.15. The van der Waals surface area contributed by atoms with Gasteiger partial charge in [-0.25, -0.2) is 0 Å². The van der Waals surface area contributed by atoms with Crippen LogP contribution in [0.15, 0.2) is 5.16 Å². The Morgan fingerprint density at radius 1 is 1.29 bits per heavy atom. The van der Waals surface area contributed by atoms with Crippen molar-refractivity contribution in [3.63, 3.8) is 0 Å². The highest BCUT2D eigenvalue weighted by atomic mass is 32.2. The minimum atomic E-state index is -0.808. The second-order valence-electron chi connectivity index (χ2n) is 5.96. The first kappa shape index (κ1) is 14.7. The van der Waals surface area contributed by atoms with Crippen molar-refractivity contribution in [3.8, 4) is 0 Å². The largest absolute Gasteiger partial charge is 0.481 e. The van der Waals surface area contributed by atoms with E-state index >= 15 is 0 Å². The Labute approximate surface area is 128 Å². The van der Waals surface area contributed by atoms with Crippen LogP contribution in [0.2, 0.25) is 0 Å². The molecule has 1 aliphatic carbocycles. The van der Waals surface area contributed by atoms with E-state index in [0.717, 1.165) is 30.5 Å². The van der Waals surface area contributed by atoms with Crippen LogP contribution in [0.1, 0.15) is 51.5 Å². The van der Waals surface area contributed by atoms with Crippen LogP contribution in [0.5, 0.6) is 0 Å². The van der Waals surface area contributed by atoms with Crippen molar-refractivity contribution in [1.82, 2.24) is 14.8 Å². The highest BCUT2D eigenvalue weighted by Gasteiger charge is 2.30. The van der Waals surface area contributed by atoms with E-state index in [4.69, 9.17) is 5.11 Å². The zero-order valence-corrected chi connectivity index (χ0v) is 13.2. The summed E-state index contributed by atoms with van der Waals surface area (Å²) in [5, 5.41) is 18.3. The monoisotopic (exact) mass is 310 g/mol. The normalized spacial score (nSPS) is 23.1. The SMILES string of the molecule is CC1CCCN1c1nnc(SCC(=O)O)n1C1CCCC1. The molecule has 1 unspecified atom stereocenters. The lowest BCUT2D eigenvalue weighted by Crippen LogP contribution is -2.30. The molecule has 0 spiro atoms. The molecule has 6 nitrogen and oxygen atoms in total. The van der Waals surface area contributed by atoms with E-state index < -0.39 is 5.97 Å². The summed E-state index contributed by atoms with van der Waals surface area (Å²) in [4.78, 5) is 13.2. The molecule has 21 heavy (non-hydrogen) atoms. The number of rotatable bonds is 5. The van der Waals surface area contributed by atoms with Crippen molar-refractivity contribution >= 4 is 23.7 Å². The summed E-state index contributed by atoms with van der Waals surface area (Å²) in [5.74, 6) is 0.178. The van der Waals surface area contributed by atoms with Crippen LogP contribution in [0.25, 0.3) is 0 Å². The van der Waals surface area contributed by atoms with Crippen LogP contribution in [-0.2, 0) is 4.79 Å². The minimum absolute atomic E-state index is 0.0421. The third-order valence-corrected chi connectivity index (χ3v) is 5.40. The van der Waals surface area contributed by atoms with Crippen LogP contribution in [0.4, 0.5) is 5.95 Å². The van der Waals surface area contributed by atoms with E-state index in [-0.39, 0.29) is 5.75 Å². The van der Waals surface area contributed by atoms with E-state index in [1.54, 1.807) is 0 Å². The summed E-state index contributed by atoms with van der Waals surface area (Å²) in [6.45, 7) is 3.25. The lowest BCUT2D eigenvalue weighted by Gasteiger charge is -2.25. The first-order chi connectivity index (χ1) is 10.2. The molecular weight excluding hydrogens is 288 g/mol. The van der Waals surface area contributed by atoms with Crippen LogP contribution >= 0.6 is 11.8 Å². The van der Waals surface area contributed by atoms with Gasteiger partial charge in [0.1, 0.15) is 0 Å². The zero-order chi connectivity index (χ0) is 14.8. The van der Waals surface area contributed by atoms with Crippen LogP contribution < -0.4 is 4.90 Å². The Morgan fingerprint density at radius 2 is 2.05 bits per heavy atom. The summed E-state index contributed by atoms with van der Waals surface area (Å²) in [5.41, 5.74) is 0. The summed E-state index contributed by atoms with van der Waals surface area (Å²) < 4.78 is 2.21. The molecule has 0 radical (unpaired) electrons. The van der Waals surface area contributed by atoms with E-state index in [1.165, 1.54) is 37.4 Å².